The van der Waals surface area contributed by atoms with E-state index in [1.54, 1.807) is 17.5 Å². The van der Waals surface area contributed by atoms with Crippen LogP contribution in [-0.2, 0) is 0 Å². The van der Waals surface area contributed by atoms with E-state index in [1.807, 2.05) is 22.9 Å². The van der Waals surface area contributed by atoms with Gasteiger partial charge in [0.2, 0.25) is 5.95 Å². The topological polar surface area (TPSA) is 65.1 Å². The molecule has 1 N–H and O–H groups in total. The van der Waals surface area contributed by atoms with E-state index in [-0.39, 0.29) is 5.56 Å². The fourth-order valence-electron chi connectivity index (χ4n) is 3.14. The molecule has 0 saturated carbocycles. The Morgan fingerprint density at radius 2 is 2.08 bits per heavy atom. The van der Waals surface area contributed by atoms with Gasteiger partial charge in [-0.15, -0.1) is 0 Å². The number of aromatic amines is 1. The average molecular weight is 341 g/mol. The van der Waals surface area contributed by atoms with E-state index in [2.05, 4.69) is 31.7 Å². The third-order valence-corrected chi connectivity index (χ3v) is 5.23. The molecule has 0 unspecified atom stereocenters. The zero-order chi connectivity index (χ0) is 16.5. The molecule has 1 fully saturated rings. The van der Waals surface area contributed by atoms with E-state index in [0.29, 0.717) is 17.0 Å². The Kier molecular flexibility index (Phi) is 4.03. The number of hydrogen-bond acceptors (Lipinski definition) is 6. The Bertz CT molecular complexity index is 897. The van der Waals surface area contributed by atoms with Gasteiger partial charge in [0.05, 0.1) is 5.39 Å². The summed E-state index contributed by atoms with van der Waals surface area (Å²) in [5, 5.41) is 4.60. The second kappa shape index (κ2) is 6.33. The van der Waals surface area contributed by atoms with E-state index in [9.17, 15) is 4.79 Å². The molecule has 6 nitrogen and oxygen atoms in total. The number of anilines is 1. The fraction of sp³-hybridized carbons (Fsp3) is 0.353. The molecule has 24 heavy (non-hydrogen) atoms. The molecule has 3 aromatic heterocycles. The van der Waals surface area contributed by atoms with Crippen LogP contribution in [0.5, 0.6) is 0 Å². The smallest absolute Gasteiger partial charge is 0.262 e. The minimum Gasteiger partial charge on any atom is -0.340 e. The third-order valence-electron chi connectivity index (χ3n) is 4.55. The number of pyridine rings is 1. The van der Waals surface area contributed by atoms with E-state index < -0.39 is 0 Å². The Morgan fingerprint density at radius 3 is 2.79 bits per heavy atom. The first kappa shape index (κ1) is 15.3. The Morgan fingerprint density at radius 1 is 1.25 bits per heavy atom. The van der Waals surface area contributed by atoms with E-state index in [0.717, 1.165) is 43.9 Å². The van der Waals surface area contributed by atoms with Gasteiger partial charge < -0.3 is 9.80 Å². The Labute approximate surface area is 143 Å². The summed E-state index contributed by atoms with van der Waals surface area (Å²) >= 11 is 1.61. The summed E-state index contributed by atoms with van der Waals surface area (Å²) in [5.41, 5.74) is 2.30. The highest BCUT2D eigenvalue weighted by atomic mass is 32.1. The molecular formula is C17H19N5OS. The molecule has 0 radical (unpaired) electrons. The molecule has 0 aromatic carbocycles. The number of aromatic nitrogens is 3. The standard InChI is InChI=1S/C17H19N5OS/c1-2-21-6-8-22(9-7-21)17-19-15-14(16(23)20-17)13(3-5-18-15)12-4-10-24-11-12/h3-5,10-11H,2,6-9H2,1H3,(H,18,19,20,23). The number of rotatable bonds is 3. The maximum atomic E-state index is 12.7. The largest absolute Gasteiger partial charge is 0.340 e. The molecule has 0 amide bonds. The number of likely N-dealkylation sites (N-methyl/N-ethyl adjacent to an activating group) is 1. The van der Waals surface area contributed by atoms with Crippen LogP contribution in [0.25, 0.3) is 22.2 Å². The second-order valence-electron chi connectivity index (χ2n) is 5.88. The molecule has 1 aliphatic heterocycles. The molecule has 7 heteroatoms. The minimum atomic E-state index is -0.123. The van der Waals surface area contributed by atoms with Crippen LogP contribution in [0.3, 0.4) is 0 Å². The molecule has 1 saturated heterocycles. The van der Waals surface area contributed by atoms with Crippen molar-refractivity contribution in [1.82, 2.24) is 19.9 Å². The lowest BCUT2D eigenvalue weighted by atomic mass is 10.1. The van der Waals surface area contributed by atoms with Crippen molar-refractivity contribution >= 4 is 28.3 Å². The molecule has 4 rings (SSSR count). The molecule has 124 valence electrons. The van der Waals surface area contributed by atoms with Gasteiger partial charge in [-0.1, -0.05) is 6.92 Å². The number of fused-ring (bicyclic) bond motifs is 1. The van der Waals surface area contributed by atoms with E-state index in [1.165, 1.54) is 0 Å². The summed E-state index contributed by atoms with van der Waals surface area (Å²) in [6.45, 7) is 6.93. The first-order valence-corrected chi connectivity index (χ1v) is 9.09. The van der Waals surface area contributed by atoms with Crippen LogP contribution in [0, 0.1) is 0 Å². The van der Waals surface area contributed by atoms with Gasteiger partial charge in [0.15, 0.2) is 5.65 Å². The van der Waals surface area contributed by atoms with Gasteiger partial charge in [0.1, 0.15) is 0 Å². The highest BCUT2D eigenvalue weighted by molar-refractivity contribution is 7.08. The van der Waals surface area contributed by atoms with Crippen molar-refractivity contribution in [2.24, 2.45) is 0 Å². The van der Waals surface area contributed by atoms with Gasteiger partial charge >= 0.3 is 0 Å². The number of hydrogen-bond donors (Lipinski definition) is 1. The van der Waals surface area contributed by atoms with Gasteiger partial charge in [0.25, 0.3) is 5.56 Å². The van der Waals surface area contributed by atoms with Crippen LogP contribution in [0.1, 0.15) is 6.92 Å². The zero-order valence-electron chi connectivity index (χ0n) is 13.5. The third kappa shape index (κ3) is 2.70. The Balaban J connectivity index is 1.75. The van der Waals surface area contributed by atoms with Crippen LogP contribution in [0.4, 0.5) is 5.95 Å². The first-order valence-electron chi connectivity index (χ1n) is 8.15. The van der Waals surface area contributed by atoms with Crippen molar-refractivity contribution in [1.29, 1.82) is 0 Å². The quantitative estimate of drug-likeness (QED) is 0.791. The van der Waals surface area contributed by atoms with Crippen molar-refractivity contribution < 1.29 is 0 Å². The molecule has 0 aliphatic carbocycles. The lowest BCUT2D eigenvalue weighted by Gasteiger charge is -2.34. The number of nitrogens with zero attached hydrogens (tertiary/aromatic N) is 4. The summed E-state index contributed by atoms with van der Waals surface area (Å²) in [6.07, 6.45) is 1.72. The van der Waals surface area contributed by atoms with Crippen LogP contribution >= 0.6 is 11.3 Å². The molecule has 0 bridgehead atoms. The summed E-state index contributed by atoms with van der Waals surface area (Å²) in [6, 6.07) is 3.89. The fourth-order valence-corrected chi connectivity index (χ4v) is 3.79. The summed E-state index contributed by atoms with van der Waals surface area (Å²) in [4.78, 5) is 29.2. The van der Waals surface area contributed by atoms with Gasteiger partial charge in [0, 0.05) is 37.9 Å². The lowest BCUT2D eigenvalue weighted by Crippen LogP contribution is -2.47. The number of nitrogens with one attached hydrogen (secondary N) is 1. The number of piperazine rings is 1. The molecule has 4 heterocycles. The predicted octanol–water partition coefficient (Wildman–Crippen LogP) is 2.19. The molecule has 0 spiro atoms. The monoisotopic (exact) mass is 341 g/mol. The van der Waals surface area contributed by atoms with Crippen molar-refractivity contribution in [2.45, 2.75) is 6.92 Å². The van der Waals surface area contributed by atoms with Crippen molar-refractivity contribution in [3.8, 4) is 11.1 Å². The maximum Gasteiger partial charge on any atom is 0.262 e. The van der Waals surface area contributed by atoms with Gasteiger partial charge in [-0.25, -0.2) is 4.98 Å². The summed E-state index contributed by atoms with van der Waals surface area (Å²) < 4.78 is 0. The SMILES string of the molecule is CCN1CCN(c2nc3nccc(-c4ccsc4)c3c(=O)[nH]2)CC1. The van der Waals surface area contributed by atoms with Crippen molar-refractivity contribution in [3.05, 3.63) is 39.4 Å². The predicted molar refractivity (Wildman–Crippen MR) is 97.8 cm³/mol. The van der Waals surface area contributed by atoms with Crippen LogP contribution in [-0.4, -0.2) is 52.6 Å². The van der Waals surface area contributed by atoms with Crippen molar-refractivity contribution in [2.75, 3.05) is 37.6 Å². The van der Waals surface area contributed by atoms with Crippen LogP contribution < -0.4 is 10.5 Å². The van der Waals surface area contributed by atoms with Gasteiger partial charge in [-0.05, 0) is 35.0 Å². The molecule has 1 aliphatic rings. The number of thiophene rings is 1. The minimum absolute atomic E-state index is 0.123. The highest BCUT2D eigenvalue weighted by Gasteiger charge is 2.19. The van der Waals surface area contributed by atoms with Gasteiger partial charge in [-0.3, -0.25) is 9.78 Å². The maximum absolute atomic E-state index is 12.7. The zero-order valence-corrected chi connectivity index (χ0v) is 14.3. The first-order chi connectivity index (χ1) is 11.8. The lowest BCUT2D eigenvalue weighted by molar-refractivity contribution is 0.270. The highest BCUT2D eigenvalue weighted by Crippen LogP contribution is 2.26. The van der Waals surface area contributed by atoms with Crippen LogP contribution in [0.2, 0.25) is 0 Å². The second-order valence-corrected chi connectivity index (χ2v) is 6.66. The average Bonchev–Trinajstić information content (AvgIpc) is 3.15. The molecular weight excluding hydrogens is 322 g/mol. The number of H-pyrrole nitrogens is 1. The normalized spacial score (nSPS) is 16.0. The molecule has 0 atom stereocenters. The molecule has 3 aromatic rings. The van der Waals surface area contributed by atoms with E-state index in [4.69, 9.17) is 0 Å². The summed E-state index contributed by atoms with van der Waals surface area (Å²) in [7, 11) is 0. The van der Waals surface area contributed by atoms with Crippen LogP contribution in [0.15, 0.2) is 33.9 Å². The summed E-state index contributed by atoms with van der Waals surface area (Å²) in [5.74, 6) is 0.623. The van der Waals surface area contributed by atoms with Gasteiger partial charge in [-0.2, -0.15) is 16.3 Å². The van der Waals surface area contributed by atoms with E-state index >= 15 is 0 Å². The van der Waals surface area contributed by atoms with Crippen molar-refractivity contribution in [3.63, 3.8) is 0 Å². The Hall–Kier alpha value is -2.25.